The average Bonchev–Trinajstić information content (AvgIpc) is 3.77. The molecule has 0 saturated heterocycles. The van der Waals surface area contributed by atoms with E-state index in [9.17, 15) is 0 Å². The fraction of sp³-hybridized carbons (Fsp3) is 0. The lowest BCUT2D eigenvalue weighted by Crippen LogP contribution is -2.10. The highest BCUT2D eigenvalue weighted by molar-refractivity contribution is 6.19. The minimum absolute atomic E-state index is 0.0348. The van der Waals surface area contributed by atoms with E-state index in [1.807, 2.05) is 83.8 Å². The van der Waals surface area contributed by atoms with Gasteiger partial charge in [0.15, 0.2) is 0 Å². The molecule has 0 bridgehead atoms. The van der Waals surface area contributed by atoms with Crippen LogP contribution in [0.3, 0.4) is 0 Å². The van der Waals surface area contributed by atoms with E-state index in [4.69, 9.17) is 19.5 Å². The largest absolute Gasteiger partial charge is 0.456 e. The standard InChI is InChI=1S/C56H37NO/c1-3-13-38(14-4-1)39-27-30-45(31-28-39)57(46-20-11-19-43(35-46)49-23-12-18-40-17-7-8-21-48(40)49)47-32-33-50(52(37-47)41-15-5-2-6-16-41)44-26-25-42-29-34-55-56(53(42)36-44)51-22-9-10-24-54(51)58-55/h1-37H/i1D,3D,4D,7D,8D,12D,13D,14D,17D,18D,21D. The summed E-state index contributed by atoms with van der Waals surface area (Å²) in [7, 11) is 0. The van der Waals surface area contributed by atoms with Crippen molar-refractivity contribution < 1.29 is 19.5 Å². The van der Waals surface area contributed by atoms with Gasteiger partial charge in [-0.25, -0.2) is 0 Å². The number of anilines is 3. The summed E-state index contributed by atoms with van der Waals surface area (Å²) in [6, 6.07) is 46.9. The third kappa shape index (κ3) is 5.91. The van der Waals surface area contributed by atoms with Crippen molar-refractivity contribution in [3.63, 3.8) is 0 Å². The summed E-state index contributed by atoms with van der Waals surface area (Å²) in [5, 5.41) is 4.31. The first-order valence-electron chi connectivity index (χ1n) is 24.4. The van der Waals surface area contributed by atoms with Crippen LogP contribution in [-0.2, 0) is 0 Å². The fourth-order valence-electron chi connectivity index (χ4n) is 8.01. The molecule has 0 spiro atoms. The Hall–Kier alpha value is -7.68. The third-order valence-corrected chi connectivity index (χ3v) is 10.7. The molecule has 272 valence electrons. The Morgan fingerprint density at radius 3 is 1.95 bits per heavy atom. The number of fused-ring (bicyclic) bond motifs is 6. The molecular weight excluding hydrogens is 703 g/mol. The van der Waals surface area contributed by atoms with Crippen LogP contribution < -0.4 is 4.90 Å². The minimum atomic E-state index is -0.478. The zero-order valence-corrected chi connectivity index (χ0v) is 30.9. The van der Waals surface area contributed by atoms with Gasteiger partial charge >= 0.3 is 0 Å². The van der Waals surface area contributed by atoms with Gasteiger partial charge in [-0.2, -0.15) is 0 Å². The molecule has 1 aromatic heterocycles. The van der Waals surface area contributed by atoms with Crippen LogP contribution in [0.1, 0.15) is 15.1 Å². The van der Waals surface area contributed by atoms with Gasteiger partial charge in [-0.05, 0) is 121 Å². The first-order valence-corrected chi connectivity index (χ1v) is 18.9. The predicted molar refractivity (Wildman–Crippen MR) is 245 cm³/mol. The van der Waals surface area contributed by atoms with Crippen LogP contribution in [0.25, 0.3) is 88.0 Å². The fourth-order valence-corrected chi connectivity index (χ4v) is 8.01. The Morgan fingerprint density at radius 1 is 0.345 bits per heavy atom. The molecule has 11 aromatic rings. The lowest BCUT2D eigenvalue weighted by Gasteiger charge is -2.27. The summed E-state index contributed by atoms with van der Waals surface area (Å²) in [5.41, 5.74) is 8.94. The highest BCUT2D eigenvalue weighted by Crippen LogP contribution is 2.44. The van der Waals surface area contributed by atoms with Crippen molar-refractivity contribution in [1.82, 2.24) is 0 Å². The molecular formula is C56H37NO. The van der Waals surface area contributed by atoms with E-state index in [2.05, 4.69) is 54.6 Å². The van der Waals surface area contributed by atoms with E-state index in [0.717, 1.165) is 60.7 Å². The number of hydrogen-bond acceptors (Lipinski definition) is 2. The van der Waals surface area contributed by atoms with E-state index < -0.39 is 30.2 Å². The van der Waals surface area contributed by atoms with Crippen LogP contribution in [0.5, 0.6) is 0 Å². The Bertz CT molecular complexity index is 3900. The number of para-hydroxylation sites is 1. The van der Waals surface area contributed by atoms with Crippen LogP contribution in [-0.4, -0.2) is 0 Å². The zero-order chi connectivity index (χ0) is 48.0. The second kappa shape index (κ2) is 14.1. The molecule has 10 aromatic carbocycles. The number of benzene rings is 10. The highest BCUT2D eigenvalue weighted by atomic mass is 16.3. The molecule has 0 aliphatic rings. The molecule has 2 heteroatoms. The number of nitrogens with zero attached hydrogens (tertiary/aromatic N) is 1. The molecule has 0 aliphatic heterocycles. The second-order valence-corrected chi connectivity index (χ2v) is 14.1. The Kier molecular flexibility index (Phi) is 5.86. The van der Waals surface area contributed by atoms with E-state index in [-0.39, 0.29) is 52.6 Å². The van der Waals surface area contributed by atoms with Gasteiger partial charge in [0, 0.05) is 27.8 Å². The SMILES string of the molecule is [2H]c1cc(-c2cccc(N(c3ccc(-c4c([2H])c([2H])c([2H])c([2H])c4[2H])cc3)c3ccc(-c4ccc5ccc6oc7ccccc7c6c5c4)c(-c4ccccc4)c3)c2)c2c([2H])c([2H])c([2H])c([2H])c2c1[2H]. The van der Waals surface area contributed by atoms with Gasteiger partial charge in [0.25, 0.3) is 0 Å². The van der Waals surface area contributed by atoms with Crippen molar-refractivity contribution >= 4 is 60.5 Å². The van der Waals surface area contributed by atoms with Crippen molar-refractivity contribution in [2.45, 2.75) is 0 Å². The topological polar surface area (TPSA) is 16.4 Å². The quantitative estimate of drug-likeness (QED) is 0.161. The Labute approximate surface area is 353 Å². The van der Waals surface area contributed by atoms with Gasteiger partial charge in [0.2, 0.25) is 0 Å². The summed E-state index contributed by atoms with van der Waals surface area (Å²) in [6.07, 6.45) is 0. The maximum atomic E-state index is 8.95. The van der Waals surface area contributed by atoms with Gasteiger partial charge in [0.1, 0.15) is 11.2 Å². The average molecular weight is 751 g/mol. The molecule has 0 aliphatic carbocycles. The molecule has 2 nitrogen and oxygen atoms in total. The van der Waals surface area contributed by atoms with Crippen LogP contribution in [0.4, 0.5) is 17.1 Å². The normalized spacial score (nSPS) is 14.1. The Morgan fingerprint density at radius 2 is 1.05 bits per heavy atom. The maximum Gasteiger partial charge on any atom is 0.136 e. The maximum absolute atomic E-state index is 8.95. The van der Waals surface area contributed by atoms with E-state index in [1.165, 1.54) is 6.07 Å². The van der Waals surface area contributed by atoms with Crippen LogP contribution in [0.15, 0.2) is 229 Å². The lowest BCUT2D eigenvalue weighted by atomic mass is 9.91. The van der Waals surface area contributed by atoms with Crippen LogP contribution in [0.2, 0.25) is 0 Å². The smallest absolute Gasteiger partial charge is 0.136 e. The van der Waals surface area contributed by atoms with E-state index >= 15 is 0 Å². The molecule has 58 heavy (non-hydrogen) atoms. The first kappa shape index (κ1) is 24.1. The Balaban J connectivity index is 1.13. The predicted octanol–water partition coefficient (Wildman–Crippen LogP) is 16.0. The minimum Gasteiger partial charge on any atom is -0.456 e. The van der Waals surface area contributed by atoms with Gasteiger partial charge in [-0.15, -0.1) is 0 Å². The molecule has 0 N–H and O–H groups in total. The molecule has 0 fully saturated rings. The van der Waals surface area contributed by atoms with Crippen LogP contribution >= 0.6 is 0 Å². The summed E-state index contributed by atoms with van der Waals surface area (Å²) in [4.78, 5) is 2.02. The number of hydrogen-bond donors (Lipinski definition) is 0. The number of rotatable bonds is 7. The van der Waals surface area contributed by atoms with Crippen molar-refractivity contribution in [1.29, 1.82) is 0 Å². The van der Waals surface area contributed by atoms with Crippen molar-refractivity contribution in [2.75, 3.05) is 4.90 Å². The summed E-state index contributed by atoms with van der Waals surface area (Å²) < 4.78 is 100. The van der Waals surface area contributed by atoms with Crippen molar-refractivity contribution in [3.05, 3.63) is 224 Å². The number of furan rings is 1. The van der Waals surface area contributed by atoms with Crippen molar-refractivity contribution in [3.8, 4) is 44.5 Å². The third-order valence-electron chi connectivity index (χ3n) is 10.7. The molecule has 0 saturated carbocycles. The van der Waals surface area contributed by atoms with Crippen LogP contribution in [0, 0.1) is 0 Å². The monoisotopic (exact) mass is 750 g/mol. The summed E-state index contributed by atoms with van der Waals surface area (Å²) in [6.45, 7) is 0. The van der Waals surface area contributed by atoms with E-state index in [0.29, 0.717) is 28.1 Å². The highest BCUT2D eigenvalue weighted by Gasteiger charge is 2.19. The molecule has 0 atom stereocenters. The van der Waals surface area contributed by atoms with Gasteiger partial charge in [-0.1, -0.05) is 170 Å². The first-order chi connectivity index (χ1) is 33.3. The zero-order valence-electron chi connectivity index (χ0n) is 41.9. The second-order valence-electron chi connectivity index (χ2n) is 14.1. The van der Waals surface area contributed by atoms with Gasteiger partial charge < -0.3 is 9.32 Å². The molecule has 0 amide bonds. The molecule has 1 heterocycles. The molecule has 0 unspecified atom stereocenters. The lowest BCUT2D eigenvalue weighted by molar-refractivity contribution is 0.669. The summed E-state index contributed by atoms with van der Waals surface area (Å²) in [5.74, 6) is 0. The summed E-state index contributed by atoms with van der Waals surface area (Å²) >= 11 is 0. The molecule has 11 rings (SSSR count). The molecule has 0 radical (unpaired) electrons. The van der Waals surface area contributed by atoms with E-state index in [1.54, 1.807) is 18.2 Å². The van der Waals surface area contributed by atoms with Gasteiger partial charge in [0.05, 0.1) is 15.1 Å². The van der Waals surface area contributed by atoms with Gasteiger partial charge in [-0.3, -0.25) is 0 Å². The van der Waals surface area contributed by atoms with Crippen molar-refractivity contribution in [2.24, 2.45) is 0 Å².